The molecule has 1 aromatic heterocycles. The van der Waals surface area contributed by atoms with Crippen molar-refractivity contribution < 1.29 is 15.3 Å². The van der Waals surface area contributed by atoms with Gasteiger partial charge in [-0.15, -0.1) is 11.3 Å². The number of aryl methyl sites for hydroxylation is 2. The molecule has 0 aliphatic rings. The quantitative estimate of drug-likeness (QED) is 0.488. The van der Waals surface area contributed by atoms with Crippen LogP contribution < -0.4 is 4.80 Å². The maximum absolute atomic E-state index is 9.96. The molecule has 7 heteroatoms. The molecule has 0 saturated heterocycles. The van der Waals surface area contributed by atoms with Crippen LogP contribution in [-0.4, -0.2) is 33.3 Å². The van der Waals surface area contributed by atoms with Gasteiger partial charge in [0.15, 0.2) is 11.5 Å². The third-order valence-electron chi connectivity index (χ3n) is 4.15. The molecule has 3 rings (SSSR count). The third kappa shape index (κ3) is 3.21. The molecule has 1 heterocycles. The zero-order chi connectivity index (χ0) is 18.8. The van der Waals surface area contributed by atoms with Gasteiger partial charge in [0, 0.05) is 23.6 Å². The van der Waals surface area contributed by atoms with Gasteiger partial charge in [-0.2, -0.15) is 5.10 Å². The molecule has 0 atom stereocenters. The fourth-order valence-electron chi connectivity index (χ4n) is 2.47. The number of rotatable bonds is 3. The Morgan fingerprint density at radius 3 is 2.46 bits per heavy atom. The number of phenolic OH excluding ortho intramolecular Hbond substituents is 3. The van der Waals surface area contributed by atoms with Crippen molar-refractivity contribution >= 4 is 17.6 Å². The van der Waals surface area contributed by atoms with Crippen LogP contribution in [0.5, 0.6) is 17.2 Å². The first-order valence-electron chi connectivity index (χ1n) is 7.91. The maximum Gasteiger partial charge on any atom is 0.205 e. The van der Waals surface area contributed by atoms with Crippen LogP contribution in [0.1, 0.15) is 16.7 Å². The van der Waals surface area contributed by atoms with Gasteiger partial charge < -0.3 is 15.3 Å². The predicted octanol–water partition coefficient (Wildman–Crippen LogP) is 3.36. The van der Waals surface area contributed by atoms with Crippen molar-refractivity contribution in [2.75, 3.05) is 7.05 Å². The molecule has 0 unspecified atom stereocenters. The van der Waals surface area contributed by atoms with Crippen molar-refractivity contribution in [3.63, 3.8) is 0 Å². The van der Waals surface area contributed by atoms with Gasteiger partial charge >= 0.3 is 0 Å². The first-order valence-corrected chi connectivity index (χ1v) is 8.79. The number of hydrogen-bond donors (Lipinski definition) is 3. The molecule has 26 heavy (non-hydrogen) atoms. The fraction of sp³-hybridized carbons (Fsp3) is 0.158. The van der Waals surface area contributed by atoms with Crippen LogP contribution in [0, 0.1) is 13.8 Å². The Morgan fingerprint density at radius 1 is 1.00 bits per heavy atom. The minimum atomic E-state index is -0.570. The van der Waals surface area contributed by atoms with Crippen molar-refractivity contribution in [3.05, 3.63) is 57.2 Å². The third-order valence-corrected chi connectivity index (χ3v) is 5.06. The monoisotopic (exact) mass is 369 g/mol. The Hall–Kier alpha value is -3.06. The molecule has 0 spiro atoms. The van der Waals surface area contributed by atoms with Gasteiger partial charge in [0.1, 0.15) is 0 Å². The minimum Gasteiger partial charge on any atom is -0.504 e. The molecule has 6 nitrogen and oxygen atoms in total. The predicted molar refractivity (Wildman–Crippen MR) is 103 cm³/mol. The van der Waals surface area contributed by atoms with Crippen LogP contribution in [-0.2, 0) is 0 Å². The summed E-state index contributed by atoms with van der Waals surface area (Å²) in [5, 5.41) is 35.4. The smallest absolute Gasteiger partial charge is 0.205 e. The van der Waals surface area contributed by atoms with Crippen molar-refractivity contribution in [1.82, 2.24) is 4.68 Å². The van der Waals surface area contributed by atoms with Gasteiger partial charge in [-0.3, -0.25) is 4.99 Å². The molecule has 0 radical (unpaired) electrons. The second kappa shape index (κ2) is 7.05. The average Bonchev–Trinajstić information content (AvgIpc) is 3.04. The second-order valence-corrected chi connectivity index (χ2v) is 6.69. The second-order valence-electron chi connectivity index (χ2n) is 5.85. The van der Waals surface area contributed by atoms with Crippen LogP contribution >= 0.6 is 11.3 Å². The fourth-order valence-corrected chi connectivity index (χ4v) is 3.27. The van der Waals surface area contributed by atoms with E-state index in [4.69, 9.17) is 0 Å². The molecular weight excluding hydrogens is 350 g/mol. The van der Waals surface area contributed by atoms with E-state index >= 15 is 0 Å². The van der Waals surface area contributed by atoms with E-state index < -0.39 is 11.5 Å². The van der Waals surface area contributed by atoms with Gasteiger partial charge in [-0.25, -0.2) is 4.68 Å². The van der Waals surface area contributed by atoms with Crippen LogP contribution in [0.15, 0.2) is 45.8 Å². The molecule has 0 aliphatic carbocycles. The first kappa shape index (κ1) is 17.8. The molecule has 3 aromatic rings. The van der Waals surface area contributed by atoms with E-state index in [0.29, 0.717) is 4.80 Å². The van der Waals surface area contributed by atoms with Gasteiger partial charge in [-0.1, -0.05) is 12.1 Å². The number of benzene rings is 2. The number of hydrogen-bond acceptors (Lipinski definition) is 6. The molecule has 3 N–H and O–H groups in total. The van der Waals surface area contributed by atoms with Crippen LogP contribution in [0.4, 0.5) is 0 Å². The van der Waals surface area contributed by atoms with Crippen molar-refractivity contribution in [2.24, 2.45) is 10.1 Å². The number of phenols is 3. The van der Waals surface area contributed by atoms with Crippen molar-refractivity contribution in [1.29, 1.82) is 0 Å². The first-order chi connectivity index (χ1) is 12.4. The Morgan fingerprint density at radius 2 is 1.77 bits per heavy atom. The van der Waals surface area contributed by atoms with Crippen LogP contribution in [0.25, 0.3) is 11.3 Å². The molecular formula is C19H19N3O3S. The summed E-state index contributed by atoms with van der Waals surface area (Å²) in [4.78, 5) is 4.93. The summed E-state index contributed by atoms with van der Waals surface area (Å²) in [6.45, 7) is 4.12. The number of thiazole rings is 1. The highest BCUT2D eigenvalue weighted by Gasteiger charge is 2.11. The van der Waals surface area contributed by atoms with Gasteiger partial charge in [0.05, 0.1) is 11.9 Å². The summed E-state index contributed by atoms with van der Waals surface area (Å²) in [5.41, 5.74) is 4.56. The Labute approximate surface area is 154 Å². The van der Waals surface area contributed by atoms with E-state index in [2.05, 4.69) is 36.1 Å². The Kier molecular flexibility index (Phi) is 4.81. The van der Waals surface area contributed by atoms with E-state index in [1.165, 1.54) is 40.8 Å². The molecule has 0 bridgehead atoms. The summed E-state index contributed by atoms with van der Waals surface area (Å²) in [6.07, 6.45) is 1.42. The Bertz CT molecular complexity index is 1060. The standard InChI is InChI=1S/C19H19N3O3S/c1-11-4-5-13(8-12(11)2)15-10-26-19(20-3)22(15)21-9-14-6-7-16(23)18(25)17(14)24/h4-10,23-25H,1-3H3/b20-19?,21-9+. The summed E-state index contributed by atoms with van der Waals surface area (Å²) in [6, 6.07) is 8.94. The summed E-state index contributed by atoms with van der Waals surface area (Å²) in [5.74, 6) is -1.38. The van der Waals surface area contributed by atoms with E-state index in [9.17, 15) is 15.3 Å². The highest BCUT2D eigenvalue weighted by atomic mass is 32.1. The van der Waals surface area contributed by atoms with Gasteiger partial charge in [0.25, 0.3) is 0 Å². The number of aromatic nitrogens is 1. The minimum absolute atomic E-state index is 0.284. The summed E-state index contributed by atoms with van der Waals surface area (Å²) >= 11 is 1.46. The highest BCUT2D eigenvalue weighted by molar-refractivity contribution is 7.07. The largest absolute Gasteiger partial charge is 0.504 e. The SMILES string of the molecule is CN=c1scc(-c2ccc(C)c(C)c2)n1/N=C/c1ccc(O)c(O)c1O. The number of nitrogens with zero attached hydrogens (tertiary/aromatic N) is 3. The lowest BCUT2D eigenvalue weighted by Gasteiger charge is -2.07. The normalized spacial score (nSPS) is 12.2. The number of aromatic hydroxyl groups is 3. The van der Waals surface area contributed by atoms with Crippen LogP contribution in [0.3, 0.4) is 0 Å². The molecule has 0 saturated carbocycles. The van der Waals surface area contributed by atoms with E-state index in [-0.39, 0.29) is 11.3 Å². The molecule has 0 fully saturated rings. The van der Waals surface area contributed by atoms with Gasteiger partial charge in [-0.05, 0) is 43.2 Å². The Balaban J connectivity index is 2.09. The van der Waals surface area contributed by atoms with Crippen molar-refractivity contribution in [2.45, 2.75) is 13.8 Å². The van der Waals surface area contributed by atoms with E-state index in [1.54, 1.807) is 11.7 Å². The van der Waals surface area contributed by atoms with Crippen LogP contribution in [0.2, 0.25) is 0 Å². The average molecular weight is 369 g/mol. The topological polar surface area (TPSA) is 90.3 Å². The summed E-state index contributed by atoms with van der Waals surface area (Å²) < 4.78 is 1.68. The molecule has 2 aromatic carbocycles. The lowest BCUT2D eigenvalue weighted by Crippen LogP contribution is -2.11. The lowest BCUT2D eigenvalue weighted by atomic mass is 10.1. The lowest BCUT2D eigenvalue weighted by molar-refractivity contribution is 0.367. The maximum atomic E-state index is 9.96. The molecule has 0 amide bonds. The zero-order valence-electron chi connectivity index (χ0n) is 14.6. The summed E-state index contributed by atoms with van der Waals surface area (Å²) in [7, 11) is 1.69. The highest BCUT2D eigenvalue weighted by Crippen LogP contribution is 2.36. The zero-order valence-corrected chi connectivity index (χ0v) is 15.4. The van der Waals surface area contributed by atoms with E-state index in [1.807, 2.05) is 11.4 Å². The molecule has 0 aliphatic heterocycles. The van der Waals surface area contributed by atoms with Gasteiger partial charge in [0.2, 0.25) is 10.6 Å². The van der Waals surface area contributed by atoms with E-state index in [0.717, 1.165) is 11.3 Å². The van der Waals surface area contributed by atoms with Crippen molar-refractivity contribution in [3.8, 4) is 28.5 Å². The molecule has 134 valence electrons.